The van der Waals surface area contributed by atoms with E-state index in [-0.39, 0.29) is 5.69 Å². The third-order valence-corrected chi connectivity index (χ3v) is 1.84. The van der Waals surface area contributed by atoms with E-state index in [1.807, 2.05) is 0 Å². The van der Waals surface area contributed by atoms with Crippen molar-refractivity contribution in [3.05, 3.63) is 29.3 Å². The number of carbonyl (C=O) groups is 1. The molecule has 0 aliphatic rings. The second-order valence-corrected chi connectivity index (χ2v) is 3.27. The van der Waals surface area contributed by atoms with Gasteiger partial charge in [-0.3, -0.25) is 11.5 Å². The van der Waals surface area contributed by atoms with Gasteiger partial charge in [-0.25, -0.2) is 4.79 Å². The second-order valence-electron chi connectivity index (χ2n) is 3.27. The van der Waals surface area contributed by atoms with Gasteiger partial charge in [-0.2, -0.15) is 13.2 Å². The highest BCUT2D eigenvalue weighted by Gasteiger charge is 2.31. The number of halogens is 3. The summed E-state index contributed by atoms with van der Waals surface area (Å²) in [5.74, 6) is -1.47. The molecule has 0 radical (unpaired) electrons. The summed E-state index contributed by atoms with van der Waals surface area (Å²) in [6, 6.07) is 2.29. The van der Waals surface area contributed by atoms with E-state index in [0.29, 0.717) is 6.07 Å². The van der Waals surface area contributed by atoms with Gasteiger partial charge < -0.3 is 10.4 Å². The molecule has 0 saturated carbocycles. The number of aromatic carboxylic acids is 1. The number of alkyl halides is 3. The minimum atomic E-state index is -4.64. The number of nitrogens with two attached hydrogens (primary N) is 2. The summed E-state index contributed by atoms with van der Waals surface area (Å²) in [5, 5.41) is 11.0. The summed E-state index contributed by atoms with van der Waals surface area (Å²) < 4.78 is 37.4. The van der Waals surface area contributed by atoms with E-state index in [9.17, 15) is 18.0 Å². The SMILES string of the molecule is NC(N)Nc1cc(C(=O)O)cc(C(F)(F)F)c1. The maximum absolute atomic E-state index is 12.5. The van der Waals surface area contributed by atoms with Crippen LogP contribution in [0.2, 0.25) is 0 Å². The normalized spacial score (nSPS) is 11.6. The predicted molar refractivity (Wildman–Crippen MR) is 54.2 cm³/mol. The highest BCUT2D eigenvalue weighted by molar-refractivity contribution is 5.89. The van der Waals surface area contributed by atoms with Crippen molar-refractivity contribution in [1.29, 1.82) is 0 Å². The average Bonchev–Trinajstić information content (AvgIpc) is 2.14. The van der Waals surface area contributed by atoms with Crippen molar-refractivity contribution >= 4 is 11.7 Å². The molecule has 0 unspecified atom stereocenters. The van der Waals surface area contributed by atoms with Crippen LogP contribution < -0.4 is 16.8 Å². The molecule has 0 saturated heterocycles. The van der Waals surface area contributed by atoms with Crippen molar-refractivity contribution < 1.29 is 23.1 Å². The average molecular weight is 249 g/mol. The molecule has 0 spiro atoms. The van der Waals surface area contributed by atoms with E-state index in [4.69, 9.17) is 16.6 Å². The Morgan fingerprint density at radius 2 is 1.88 bits per heavy atom. The van der Waals surface area contributed by atoms with Crippen LogP contribution in [0.4, 0.5) is 18.9 Å². The highest BCUT2D eigenvalue weighted by Crippen LogP contribution is 2.32. The fourth-order valence-corrected chi connectivity index (χ4v) is 1.19. The monoisotopic (exact) mass is 249 g/mol. The summed E-state index contributed by atoms with van der Waals surface area (Å²) >= 11 is 0. The zero-order valence-electron chi connectivity index (χ0n) is 8.45. The molecule has 1 aromatic rings. The standard InChI is InChI=1S/C9H10F3N3O2/c10-9(11,12)5-1-4(7(16)17)2-6(3-5)15-8(13)14/h1-3,8,15H,13-14H2,(H,16,17). The Bertz CT molecular complexity index is 432. The Kier molecular flexibility index (Phi) is 3.59. The van der Waals surface area contributed by atoms with Crippen molar-refractivity contribution in [2.75, 3.05) is 5.32 Å². The van der Waals surface area contributed by atoms with E-state index >= 15 is 0 Å². The highest BCUT2D eigenvalue weighted by atomic mass is 19.4. The molecule has 8 heteroatoms. The second kappa shape index (κ2) is 4.60. The maximum Gasteiger partial charge on any atom is 0.416 e. The smallest absolute Gasteiger partial charge is 0.416 e. The topological polar surface area (TPSA) is 101 Å². The molecule has 0 fully saturated rings. The Balaban J connectivity index is 3.24. The van der Waals surface area contributed by atoms with Gasteiger partial charge in [0.15, 0.2) is 0 Å². The number of carboxylic acids is 1. The lowest BCUT2D eigenvalue weighted by Crippen LogP contribution is -2.38. The van der Waals surface area contributed by atoms with Crippen LogP contribution in [0, 0.1) is 0 Å². The first-order chi connectivity index (χ1) is 7.70. The molecule has 1 rings (SSSR count). The van der Waals surface area contributed by atoms with Crippen LogP contribution in [0.1, 0.15) is 15.9 Å². The van der Waals surface area contributed by atoms with Gasteiger partial charge in [0, 0.05) is 5.69 Å². The van der Waals surface area contributed by atoms with E-state index in [1.165, 1.54) is 0 Å². The van der Waals surface area contributed by atoms with E-state index < -0.39 is 29.6 Å². The zero-order chi connectivity index (χ0) is 13.2. The molecule has 0 amide bonds. The number of rotatable bonds is 3. The van der Waals surface area contributed by atoms with E-state index in [1.54, 1.807) is 0 Å². The van der Waals surface area contributed by atoms with Gasteiger partial charge in [-0.15, -0.1) is 0 Å². The molecule has 0 aliphatic carbocycles. The van der Waals surface area contributed by atoms with Gasteiger partial charge in [0.2, 0.25) is 0 Å². The number of hydrogen-bond donors (Lipinski definition) is 4. The molecular formula is C9H10F3N3O2. The largest absolute Gasteiger partial charge is 0.478 e. The van der Waals surface area contributed by atoms with Gasteiger partial charge >= 0.3 is 12.1 Å². The van der Waals surface area contributed by atoms with Crippen molar-refractivity contribution in [3.8, 4) is 0 Å². The predicted octanol–water partition coefficient (Wildman–Crippen LogP) is 1.02. The van der Waals surface area contributed by atoms with Crippen molar-refractivity contribution in [1.82, 2.24) is 0 Å². The zero-order valence-corrected chi connectivity index (χ0v) is 8.45. The van der Waals surface area contributed by atoms with Gasteiger partial charge in [-0.1, -0.05) is 0 Å². The van der Waals surface area contributed by atoms with Crippen molar-refractivity contribution in [2.24, 2.45) is 11.5 Å². The van der Waals surface area contributed by atoms with Crippen LogP contribution in [0.5, 0.6) is 0 Å². The maximum atomic E-state index is 12.5. The fourth-order valence-electron chi connectivity index (χ4n) is 1.19. The van der Waals surface area contributed by atoms with Gasteiger partial charge in [0.25, 0.3) is 0 Å². The lowest BCUT2D eigenvalue weighted by atomic mass is 10.1. The first kappa shape index (κ1) is 13.3. The number of hydrogen-bond acceptors (Lipinski definition) is 4. The molecule has 0 aliphatic heterocycles. The molecule has 0 aromatic heterocycles. The number of anilines is 1. The van der Waals surface area contributed by atoms with Crippen molar-refractivity contribution in [2.45, 2.75) is 12.5 Å². The molecule has 17 heavy (non-hydrogen) atoms. The summed E-state index contributed by atoms with van der Waals surface area (Å²) in [6.07, 6.45) is -5.72. The van der Waals surface area contributed by atoms with Crippen LogP contribution in [-0.4, -0.2) is 17.4 Å². The fraction of sp³-hybridized carbons (Fsp3) is 0.222. The number of nitrogens with one attached hydrogen (secondary N) is 1. The van der Waals surface area contributed by atoms with Crippen LogP contribution >= 0.6 is 0 Å². The number of carboxylic acid groups (broad SMARTS) is 1. The number of benzene rings is 1. The molecule has 94 valence electrons. The van der Waals surface area contributed by atoms with Gasteiger partial charge in [-0.05, 0) is 18.2 Å². The first-order valence-electron chi connectivity index (χ1n) is 4.43. The lowest BCUT2D eigenvalue weighted by molar-refractivity contribution is -0.137. The van der Waals surface area contributed by atoms with E-state index in [0.717, 1.165) is 12.1 Å². The summed E-state index contributed by atoms with van der Waals surface area (Å²) in [6.45, 7) is 0. The molecular weight excluding hydrogens is 239 g/mol. The molecule has 0 heterocycles. The van der Waals surface area contributed by atoms with Crippen molar-refractivity contribution in [3.63, 3.8) is 0 Å². The first-order valence-corrected chi connectivity index (χ1v) is 4.43. The Hall–Kier alpha value is -1.80. The molecule has 1 aromatic carbocycles. The Morgan fingerprint density at radius 3 is 2.29 bits per heavy atom. The molecule has 5 nitrogen and oxygen atoms in total. The quantitative estimate of drug-likeness (QED) is 0.599. The van der Waals surface area contributed by atoms with Gasteiger partial charge in [0.05, 0.1) is 11.1 Å². The summed E-state index contributed by atoms with van der Waals surface area (Å²) in [7, 11) is 0. The van der Waals surface area contributed by atoms with Gasteiger partial charge in [0.1, 0.15) is 6.29 Å². The van der Waals surface area contributed by atoms with Crippen LogP contribution in [-0.2, 0) is 6.18 Å². The van der Waals surface area contributed by atoms with Crippen LogP contribution in [0.15, 0.2) is 18.2 Å². The lowest BCUT2D eigenvalue weighted by Gasteiger charge is -2.14. The van der Waals surface area contributed by atoms with E-state index in [2.05, 4.69) is 5.32 Å². The molecule has 0 bridgehead atoms. The summed E-state index contributed by atoms with van der Waals surface area (Å²) in [5.41, 5.74) is 8.61. The minimum absolute atomic E-state index is 0.104. The molecule has 0 atom stereocenters. The van der Waals surface area contributed by atoms with Crippen LogP contribution in [0.25, 0.3) is 0 Å². The Morgan fingerprint density at radius 1 is 1.29 bits per heavy atom. The molecule has 6 N–H and O–H groups in total. The minimum Gasteiger partial charge on any atom is -0.478 e. The summed E-state index contributed by atoms with van der Waals surface area (Å²) in [4.78, 5) is 10.7. The Labute approximate surface area is 94.2 Å². The third-order valence-electron chi connectivity index (χ3n) is 1.84. The van der Waals surface area contributed by atoms with Crippen LogP contribution in [0.3, 0.4) is 0 Å². The third kappa shape index (κ3) is 3.61.